The fourth-order valence-corrected chi connectivity index (χ4v) is 4.67. The molecule has 0 spiro atoms. The standard InChI is InChI=1S/C13H23N3OS2/c1-10(2)16-13(8-17)6-3-4-11(13)5-7-18-12-14-9-15-19-12/h9-11,16-17H,3-8H2,1-2H3. The van der Waals surface area contributed by atoms with Crippen molar-refractivity contribution in [3.63, 3.8) is 0 Å². The zero-order valence-electron chi connectivity index (χ0n) is 11.6. The van der Waals surface area contributed by atoms with E-state index in [0.717, 1.165) is 22.9 Å². The van der Waals surface area contributed by atoms with Gasteiger partial charge in [-0.05, 0) is 36.7 Å². The Morgan fingerprint density at radius 1 is 1.63 bits per heavy atom. The number of hydrogen-bond donors (Lipinski definition) is 2. The van der Waals surface area contributed by atoms with Gasteiger partial charge in [-0.1, -0.05) is 32.0 Å². The second kappa shape index (κ2) is 7.02. The van der Waals surface area contributed by atoms with Crippen LogP contribution in [0, 0.1) is 5.92 Å². The van der Waals surface area contributed by atoms with Crippen molar-refractivity contribution in [2.24, 2.45) is 5.92 Å². The summed E-state index contributed by atoms with van der Waals surface area (Å²) in [5.41, 5.74) is -0.0597. The quantitative estimate of drug-likeness (QED) is 0.758. The van der Waals surface area contributed by atoms with Gasteiger partial charge in [0.1, 0.15) is 6.33 Å². The molecule has 0 aromatic carbocycles. The van der Waals surface area contributed by atoms with Crippen molar-refractivity contribution in [3.05, 3.63) is 6.33 Å². The highest BCUT2D eigenvalue weighted by atomic mass is 32.2. The van der Waals surface area contributed by atoms with Crippen molar-refractivity contribution in [1.82, 2.24) is 14.7 Å². The van der Waals surface area contributed by atoms with Crippen LogP contribution in [-0.4, -0.2) is 38.4 Å². The van der Waals surface area contributed by atoms with Gasteiger partial charge in [0.25, 0.3) is 0 Å². The number of nitrogens with one attached hydrogen (secondary N) is 1. The molecule has 6 heteroatoms. The van der Waals surface area contributed by atoms with E-state index in [-0.39, 0.29) is 12.1 Å². The number of aliphatic hydroxyl groups excluding tert-OH is 1. The van der Waals surface area contributed by atoms with Gasteiger partial charge in [-0.2, -0.15) is 4.37 Å². The highest BCUT2D eigenvalue weighted by molar-refractivity contribution is 8.00. The Kier molecular flexibility index (Phi) is 5.62. The molecule has 1 saturated carbocycles. The first kappa shape index (κ1) is 15.2. The maximum absolute atomic E-state index is 9.83. The summed E-state index contributed by atoms with van der Waals surface area (Å²) in [4.78, 5) is 4.19. The van der Waals surface area contributed by atoms with Crippen LogP contribution in [0.4, 0.5) is 0 Å². The third-order valence-corrected chi connectivity index (χ3v) is 5.68. The lowest BCUT2D eigenvalue weighted by Gasteiger charge is -2.37. The monoisotopic (exact) mass is 301 g/mol. The number of nitrogens with zero attached hydrogens (tertiary/aromatic N) is 2. The first-order valence-corrected chi connectivity index (χ1v) is 8.70. The van der Waals surface area contributed by atoms with E-state index in [1.54, 1.807) is 18.1 Å². The van der Waals surface area contributed by atoms with Gasteiger partial charge >= 0.3 is 0 Å². The number of hydrogen-bond acceptors (Lipinski definition) is 6. The van der Waals surface area contributed by atoms with E-state index in [0.29, 0.717) is 12.0 Å². The molecule has 1 aromatic heterocycles. The van der Waals surface area contributed by atoms with Gasteiger partial charge in [-0.15, -0.1) is 0 Å². The Balaban J connectivity index is 1.86. The highest BCUT2D eigenvalue weighted by Crippen LogP contribution is 2.39. The molecule has 1 fully saturated rings. The van der Waals surface area contributed by atoms with Crippen LogP contribution in [-0.2, 0) is 0 Å². The molecule has 0 saturated heterocycles. The zero-order chi connectivity index (χ0) is 13.7. The lowest BCUT2D eigenvalue weighted by Crippen LogP contribution is -2.54. The molecule has 1 aliphatic rings. The molecule has 2 unspecified atom stereocenters. The topological polar surface area (TPSA) is 58.0 Å². The van der Waals surface area contributed by atoms with Crippen LogP contribution in [0.25, 0.3) is 0 Å². The third-order valence-electron chi connectivity index (χ3n) is 3.85. The molecule has 2 atom stereocenters. The van der Waals surface area contributed by atoms with Crippen LogP contribution in [0.5, 0.6) is 0 Å². The summed E-state index contributed by atoms with van der Waals surface area (Å²) in [7, 11) is 0. The minimum atomic E-state index is -0.0597. The summed E-state index contributed by atoms with van der Waals surface area (Å²) in [6.45, 7) is 4.56. The molecule has 2 N–H and O–H groups in total. The van der Waals surface area contributed by atoms with E-state index in [1.807, 2.05) is 0 Å². The van der Waals surface area contributed by atoms with Crippen molar-refractivity contribution in [2.75, 3.05) is 12.4 Å². The lowest BCUT2D eigenvalue weighted by molar-refractivity contribution is 0.113. The van der Waals surface area contributed by atoms with Gasteiger partial charge in [0.2, 0.25) is 0 Å². The predicted octanol–water partition coefficient (Wildman–Crippen LogP) is 2.55. The van der Waals surface area contributed by atoms with Crippen molar-refractivity contribution < 1.29 is 5.11 Å². The van der Waals surface area contributed by atoms with Crippen molar-refractivity contribution in [2.45, 2.75) is 55.5 Å². The van der Waals surface area contributed by atoms with Crippen LogP contribution >= 0.6 is 23.3 Å². The molecule has 0 radical (unpaired) electrons. The Labute approximate surface area is 123 Å². The Morgan fingerprint density at radius 2 is 2.47 bits per heavy atom. The average Bonchev–Trinajstić information content (AvgIpc) is 3.00. The molecule has 1 heterocycles. The molecular weight excluding hydrogens is 278 g/mol. The van der Waals surface area contributed by atoms with Gasteiger partial charge < -0.3 is 10.4 Å². The molecule has 0 aliphatic heterocycles. The normalized spacial score (nSPS) is 27.3. The number of thioether (sulfide) groups is 1. The van der Waals surface area contributed by atoms with Gasteiger partial charge in [-0.25, -0.2) is 4.98 Å². The van der Waals surface area contributed by atoms with E-state index in [2.05, 4.69) is 28.5 Å². The SMILES string of the molecule is CC(C)NC1(CO)CCCC1CCSc1ncns1. The fraction of sp³-hybridized carbons (Fsp3) is 0.846. The number of aliphatic hydroxyl groups is 1. The predicted molar refractivity (Wildman–Crippen MR) is 80.7 cm³/mol. The molecular formula is C13H23N3OS2. The number of rotatable bonds is 7. The Hall–Kier alpha value is -0.170. The molecule has 1 aromatic rings. The van der Waals surface area contributed by atoms with Gasteiger partial charge in [0.05, 0.1) is 6.61 Å². The Bertz CT molecular complexity index is 372. The van der Waals surface area contributed by atoms with Gasteiger partial charge in [0, 0.05) is 17.3 Å². The molecule has 19 heavy (non-hydrogen) atoms. The van der Waals surface area contributed by atoms with Crippen molar-refractivity contribution >= 4 is 23.3 Å². The molecule has 108 valence electrons. The fourth-order valence-electron chi connectivity index (χ4n) is 3.10. The summed E-state index contributed by atoms with van der Waals surface area (Å²) in [6.07, 6.45) is 6.27. The molecule has 0 amide bonds. The summed E-state index contributed by atoms with van der Waals surface area (Å²) in [5.74, 6) is 1.63. The maximum Gasteiger partial charge on any atom is 0.169 e. The van der Waals surface area contributed by atoms with E-state index >= 15 is 0 Å². The first-order valence-electron chi connectivity index (χ1n) is 6.94. The summed E-state index contributed by atoms with van der Waals surface area (Å²) < 4.78 is 5.06. The minimum Gasteiger partial charge on any atom is -0.394 e. The molecule has 4 nitrogen and oxygen atoms in total. The lowest BCUT2D eigenvalue weighted by atomic mass is 9.85. The smallest absolute Gasteiger partial charge is 0.169 e. The second-order valence-corrected chi connectivity index (χ2v) is 7.67. The van der Waals surface area contributed by atoms with Crippen molar-refractivity contribution in [3.8, 4) is 0 Å². The summed E-state index contributed by atoms with van der Waals surface area (Å²) in [6, 6.07) is 0.420. The average molecular weight is 301 g/mol. The summed E-state index contributed by atoms with van der Waals surface area (Å²) in [5, 5.41) is 13.4. The van der Waals surface area contributed by atoms with E-state index in [1.165, 1.54) is 24.4 Å². The Morgan fingerprint density at radius 3 is 3.11 bits per heavy atom. The van der Waals surface area contributed by atoms with Gasteiger partial charge in [0.15, 0.2) is 4.34 Å². The van der Waals surface area contributed by atoms with Crippen LogP contribution in [0.1, 0.15) is 39.5 Å². The first-order chi connectivity index (χ1) is 9.16. The maximum atomic E-state index is 9.83. The third kappa shape index (κ3) is 3.90. The van der Waals surface area contributed by atoms with E-state index in [4.69, 9.17) is 0 Å². The number of aromatic nitrogens is 2. The van der Waals surface area contributed by atoms with Crippen LogP contribution in [0.15, 0.2) is 10.7 Å². The zero-order valence-corrected chi connectivity index (χ0v) is 13.3. The van der Waals surface area contributed by atoms with Crippen LogP contribution in [0.3, 0.4) is 0 Å². The molecule has 2 rings (SSSR count). The minimum absolute atomic E-state index is 0.0597. The molecule has 1 aliphatic carbocycles. The highest BCUT2D eigenvalue weighted by Gasteiger charge is 2.41. The van der Waals surface area contributed by atoms with Gasteiger partial charge in [-0.3, -0.25) is 0 Å². The largest absolute Gasteiger partial charge is 0.394 e. The summed E-state index contributed by atoms with van der Waals surface area (Å²) >= 11 is 3.24. The van der Waals surface area contributed by atoms with E-state index in [9.17, 15) is 5.11 Å². The molecule has 0 bridgehead atoms. The second-order valence-electron chi connectivity index (χ2n) is 5.55. The van der Waals surface area contributed by atoms with Crippen LogP contribution in [0.2, 0.25) is 0 Å². The van der Waals surface area contributed by atoms with Crippen LogP contribution < -0.4 is 5.32 Å². The van der Waals surface area contributed by atoms with Crippen molar-refractivity contribution in [1.29, 1.82) is 0 Å². The van der Waals surface area contributed by atoms with E-state index < -0.39 is 0 Å².